The summed E-state index contributed by atoms with van der Waals surface area (Å²) in [4.78, 5) is 4.41. The number of benzene rings is 1. The Balaban J connectivity index is 2.05. The van der Waals surface area contributed by atoms with Crippen LogP contribution in [0.3, 0.4) is 0 Å². The minimum atomic E-state index is 0.591. The molecule has 2 aromatic heterocycles. The zero-order chi connectivity index (χ0) is 14.8. The molecule has 0 aliphatic rings. The monoisotopic (exact) mass is 283 g/mol. The Morgan fingerprint density at radius 3 is 2.76 bits per heavy atom. The van der Waals surface area contributed by atoms with Gasteiger partial charge in [0.1, 0.15) is 5.69 Å². The summed E-state index contributed by atoms with van der Waals surface area (Å²) in [6.45, 7) is 0.591. The average Bonchev–Trinajstić information content (AvgIpc) is 2.91. The summed E-state index contributed by atoms with van der Waals surface area (Å²) < 4.78 is 12.8. The van der Waals surface area contributed by atoms with E-state index >= 15 is 0 Å². The predicted molar refractivity (Wildman–Crippen MR) is 82.8 cm³/mol. The largest absolute Gasteiger partial charge is 0.493 e. The number of aromatic nitrogens is 2. The maximum absolute atomic E-state index is 5.99. The highest BCUT2D eigenvalue weighted by atomic mass is 16.5. The SMILES string of the molecule is COc1ccnc(Cn2ccc3c(N)cccc32)c1OC. The molecule has 0 unspecified atom stereocenters. The molecule has 0 aliphatic heterocycles. The molecule has 0 saturated carbocycles. The van der Waals surface area contributed by atoms with Crippen LogP contribution < -0.4 is 15.2 Å². The van der Waals surface area contributed by atoms with Crippen LogP contribution >= 0.6 is 0 Å². The van der Waals surface area contributed by atoms with E-state index < -0.39 is 0 Å². The van der Waals surface area contributed by atoms with Crippen LogP contribution in [0.25, 0.3) is 10.9 Å². The normalized spacial score (nSPS) is 10.8. The lowest BCUT2D eigenvalue weighted by Gasteiger charge is -2.12. The molecule has 2 N–H and O–H groups in total. The van der Waals surface area contributed by atoms with Gasteiger partial charge in [-0.2, -0.15) is 0 Å². The Morgan fingerprint density at radius 1 is 1.14 bits per heavy atom. The molecule has 0 spiro atoms. The van der Waals surface area contributed by atoms with Crippen LogP contribution in [0.4, 0.5) is 5.69 Å². The van der Waals surface area contributed by atoms with Crippen molar-refractivity contribution < 1.29 is 9.47 Å². The highest BCUT2D eigenvalue weighted by Crippen LogP contribution is 2.30. The topological polar surface area (TPSA) is 62.3 Å². The van der Waals surface area contributed by atoms with E-state index in [0.717, 1.165) is 22.3 Å². The summed E-state index contributed by atoms with van der Waals surface area (Å²) in [6.07, 6.45) is 3.72. The second-order valence-corrected chi connectivity index (χ2v) is 4.72. The number of hydrogen-bond acceptors (Lipinski definition) is 4. The van der Waals surface area contributed by atoms with Crippen LogP contribution in [0.2, 0.25) is 0 Å². The number of fused-ring (bicyclic) bond motifs is 1. The van der Waals surface area contributed by atoms with Crippen LogP contribution in [0.1, 0.15) is 5.69 Å². The van der Waals surface area contributed by atoms with E-state index in [9.17, 15) is 0 Å². The van der Waals surface area contributed by atoms with Crippen LogP contribution in [0, 0.1) is 0 Å². The Bertz CT molecular complexity index is 780. The van der Waals surface area contributed by atoms with Gasteiger partial charge in [-0.05, 0) is 18.2 Å². The van der Waals surface area contributed by atoms with E-state index in [2.05, 4.69) is 9.55 Å². The average molecular weight is 283 g/mol. The smallest absolute Gasteiger partial charge is 0.184 e. The van der Waals surface area contributed by atoms with E-state index in [1.54, 1.807) is 26.5 Å². The minimum Gasteiger partial charge on any atom is -0.493 e. The number of ether oxygens (including phenoxy) is 2. The van der Waals surface area contributed by atoms with Crippen molar-refractivity contribution in [2.24, 2.45) is 0 Å². The highest BCUT2D eigenvalue weighted by molar-refractivity contribution is 5.91. The summed E-state index contributed by atoms with van der Waals surface area (Å²) in [5.74, 6) is 1.34. The molecule has 21 heavy (non-hydrogen) atoms. The van der Waals surface area contributed by atoms with Gasteiger partial charge in [-0.25, -0.2) is 0 Å². The fraction of sp³-hybridized carbons (Fsp3) is 0.188. The van der Waals surface area contributed by atoms with Gasteiger partial charge in [-0.15, -0.1) is 0 Å². The van der Waals surface area contributed by atoms with Crippen molar-refractivity contribution in [2.45, 2.75) is 6.54 Å². The molecule has 0 saturated heterocycles. The first-order valence-corrected chi connectivity index (χ1v) is 6.63. The number of nitrogens with zero attached hydrogens (tertiary/aromatic N) is 2. The molecule has 3 rings (SSSR count). The maximum atomic E-state index is 5.99. The number of anilines is 1. The lowest BCUT2D eigenvalue weighted by atomic mass is 10.2. The second-order valence-electron chi connectivity index (χ2n) is 4.72. The van der Waals surface area contributed by atoms with Crippen LogP contribution in [-0.4, -0.2) is 23.8 Å². The van der Waals surface area contributed by atoms with Crippen LogP contribution in [0.5, 0.6) is 11.5 Å². The highest BCUT2D eigenvalue weighted by Gasteiger charge is 2.12. The van der Waals surface area contributed by atoms with Gasteiger partial charge in [-0.3, -0.25) is 4.98 Å². The summed E-state index contributed by atoms with van der Waals surface area (Å²) in [7, 11) is 3.24. The first-order chi connectivity index (χ1) is 10.2. The van der Waals surface area contributed by atoms with Crippen molar-refractivity contribution in [3.05, 3.63) is 48.4 Å². The molecule has 0 aliphatic carbocycles. The Hall–Kier alpha value is -2.69. The molecule has 5 nitrogen and oxygen atoms in total. The van der Waals surface area contributed by atoms with Crippen molar-refractivity contribution in [1.29, 1.82) is 0 Å². The molecule has 0 fully saturated rings. The number of nitrogen functional groups attached to an aromatic ring is 1. The fourth-order valence-electron chi connectivity index (χ4n) is 2.51. The zero-order valence-corrected chi connectivity index (χ0v) is 12.0. The van der Waals surface area contributed by atoms with E-state index in [1.165, 1.54) is 0 Å². The molecule has 5 heteroatoms. The van der Waals surface area contributed by atoms with Gasteiger partial charge < -0.3 is 19.8 Å². The van der Waals surface area contributed by atoms with Crippen molar-refractivity contribution in [3.8, 4) is 11.5 Å². The maximum Gasteiger partial charge on any atom is 0.184 e. The summed E-state index contributed by atoms with van der Waals surface area (Å²) >= 11 is 0. The van der Waals surface area contributed by atoms with Gasteiger partial charge in [0.2, 0.25) is 0 Å². The van der Waals surface area contributed by atoms with Crippen LogP contribution in [-0.2, 0) is 6.54 Å². The molecule has 0 radical (unpaired) electrons. The number of hydrogen-bond donors (Lipinski definition) is 1. The van der Waals surface area contributed by atoms with Gasteiger partial charge in [0.25, 0.3) is 0 Å². The van der Waals surface area contributed by atoms with Crippen molar-refractivity contribution in [3.63, 3.8) is 0 Å². The summed E-state index contributed by atoms with van der Waals surface area (Å²) in [5, 5.41) is 1.04. The molecular formula is C16H17N3O2. The standard InChI is InChI=1S/C16H17N3O2/c1-20-15-6-8-18-13(16(15)21-2)10-19-9-7-11-12(17)4-3-5-14(11)19/h3-9H,10,17H2,1-2H3. The molecule has 2 heterocycles. The quantitative estimate of drug-likeness (QED) is 0.748. The van der Waals surface area contributed by atoms with E-state index in [-0.39, 0.29) is 0 Å². The number of methoxy groups -OCH3 is 2. The number of rotatable bonds is 4. The van der Waals surface area contributed by atoms with Gasteiger partial charge in [-0.1, -0.05) is 6.07 Å². The third-order valence-corrected chi connectivity index (χ3v) is 3.53. The van der Waals surface area contributed by atoms with E-state index in [4.69, 9.17) is 15.2 Å². The van der Waals surface area contributed by atoms with Gasteiger partial charge in [0, 0.05) is 29.5 Å². The number of pyridine rings is 1. The minimum absolute atomic E-state index is 0.591. The Labute approximate surface area is 122 Å². The fourth-order valence-corrected chi connectivity index (χ4v) is 2.51. The molecule has 0 amide bonds. The zero-order valence-electron chi connectivity index (χ0n) is 12.0. The third kappa shape index (κ3) is 2.27. The molecule has 3 aromatic rings. The third-order valence-electron chi connectivity index (χ3n) is 3.53. The molecule has 108 valence electrons. The Morgan fingerprint density at radius 2 is 2.00 bits per heavy atom. The lowest BCUT2D eigenvalue weighted by Crippen LogP contribution is -2.04. The summed E-state index contributed by atoms with van der Waals surface area (Å²) in [6, 6.07) is 9.69. The second kappa shape index (κ2) is 5.36. The van der Waals surface area contributed by atoms with Gasteiger partial charge >= 0.3 is 0 Å². The van der Waals surface area contributed by atoms with Crippen LogP contribution in [0.15, 0.2) is 42.7 Å². The predicted octanol–water partition coefficient (Wildman–Crippen LogP) is 2.68. The van der Waals surface area contributed by atoms with Crippen molar-refractivity contribution in [2.75, 3.05) is 20.0 Å². The number of nitrogens with two attached hydrogens (primary N) is 1. The molecular weight excluding hydrogens is 266 g/mol. The van der Waals surface area contributed by atoms with E-state index in [0.29, 0.717) is 18.0 Å². The van der Waals surface area contributed by atoms with Gasteiger partial charge in [0.05, 0.1) is 26.3 Å². The molecule has 0 atom stereocenters. The van der Waals surface area contributed by atoms with Crippen molar-refractivity contribution >= 4 is 16.6 Å². The lowest BCUT2D eigenvalue weighted by molar-refractivity contribution is 0.348. The van der Waals surface area contributed by atoms with Gasteiger partial charge in [0.15, 0.2) is 11.5 Å². The first-order valence-electron chi connectivity index (χ1n) is 6.63. The molecule has 0 bridgehead atoms. The van der Waals surface area contributed by atoms with E-state index in [1.807, 2.05) is 30.5 Å². The van der Waals surface area contributed by atoms with Crippen molar-refractivity contribution in [1.82, 2.24) is 9.55 Å². The summed E-state index contributed by atoms with van der Waals surface area (Å²) in [5.41, 5.74) is 8.65. The first kappa shape index (κ1) is 13.3. The Kier molecular flexibility index (Phi) is 3.39. The molecule has 1 aromatic carbocycles.